The molecule has 0 spiro atoms. The zero-order valence-corrected chi connectivity index (χ0v) is 10.9. The fourth-order valence-corrected chi connectivity index (χ4v) is 3.03. The van der Waals surface area contributed by atoms with Gasteiger partial charge in [0.1, 0.15) is 0 Å². The second-order valence-electron chi connectivity index (χ2n) is 4.78. The highest BCUT2D eigenvalue weighted by Gasteiger charge is 2.31. The molecule has 0 N–H and O–H groups in total. The summed E-state index contributed by atoms with van der Waals surface area (Å²) in [6.45, 7) is 2.17. The van der Waals surface area contributed by atoms with E-state index in [0.717, 1.165) is 19.3 Å². The van der Waals surface area contributed by atoms with Gasteiger partial charge in [0, 0.05) is 23.9 Å². The van der Waals surface area contributed by atoms with E-state index >= 15 is 0 Å². The number of halogens is 1. The van der Waals surface area contributed by atoms with E-state index in [9.17, 15) is 4.79 Å². The molecule has 1 saturated carbocycles. The van der Waals surface area contributed by atoms with Gasteiger partial charge in [0.25, 0.3) is 0 Å². The summed E-state index contributed by atoms with van der Waals surface area (Å²) in [6, 6.07) is 1.74. The lowest BCUT2D eigenvalue weighted by Gasteiger charge is -2.29. The summed E-state index contributed by atoms with van der Waals surface area (Å²) in [5.74, 6) is 0.901. The Hall–Kier alpha value is -0.890. The molecule has 2 nitrogen and oxygen atoms in total. The third kappa shape index (κ3) is 2.68. The molecule has 1 aliphatic carbocycles. The number of rotatable bonds is 3. The van der Waals surface area contributed by atoms with Crippen LogP contribution < -0.4 is 0 Å². The molecule has 0 bridgehead atoms. The van der Waals surface area contributed by atoms with Crippen LogP contribution in [0, 0.1) is 11.8 Å². The van der Waals surface area contributed by atoms with Crippen molar-refractivity contribution in [3.8, 4) is 0 Å². The molecule has 1 fully saturated rings. The lowest BCUT2D eigenvalue weighted by Crippen LogP contribution is -2.27. The Morgan fingerprint density at radius 1 is 1.47 bits per heavy atom. The Bertz CT molecular complexity index is 405. The van der Waals surface area contributed by atoms with E-state index in [1.165, 1.54) is 12.8 Å². The number of nitrogens with zero attached hydrogens (tertiary/aromatic N) is 1. The maximum atomic E-state index is 12.5. The first-order chi connectivity index (χ1) is 8.24. The normalized spacial score (nSPS) is 24.6. The van der Waals surface area contributed by atoms with Crippen LogP contribution in [0.5, 0.6) is 0 Å². The first-order valence-electron chi connectivity index (χ1n) is 6.37. The van der Waals surface area contributed by atoms with Gasteiger partial charge in [-0.15, -0.1) is 0 Å². The van der Waals surface area contributed by atoms with Gasteiger partial charge in [-0.2, -0.15) is 0 Å². The number of aromatic nitrogens is 1. The van der Waals surface area contributed by atoms with Crippen molar-refractivity contribution in [2.75, 3.05) is 0 Å². The van der Waals surface area contributed by atoms with Crippen LogP contribution in [0.2, 0.25) is 5.02 Å². The van der Waals surface area contributed by atoms with Gasteiger partial charge in [0.05, 0.1) is 5.02 Å². The largest absolute Gasteiger partial charge is 0.294 e. The minimum absolute atomic E-state index is 0.161. The molecule has 0 aliphatic heterocycles. The minimum Gasteiger partial charge on any atom is -0.294 e. The molecule has 1 aromatic rings. The van der Waals surface area contributed by atoms with Crippen LogP contribution in [0.1, 0.15) is 49.4 Å². The van der Waals surface area contributed by atoms with Gasteiger partial charge < -0.3 is 0 Å². The molecule has 17 heavy (non-hydrogen) atoms. The van der Waals surface area contributed by atoms with Crippen molar-refractivity contribution in [1.82, 2.24) is 4.98 Å². The molecular formula is C14H18ClNO. The fourth-order valence-electron chi connectivity index (χ4n) is 2.82. The molecule has 92 valence electrons. The predicted octanol–water partition coefficient (Wildman–Crippen LogP) is 4.13. The summed E-state index contributed by atoms with van der Waals surface area (Å²) in [7, 11) is 0. The summed E-state index contributed by atoms with van der Waals surface area (Å²) in [4.78, 5) is 16.4. The fraction of sp³-hybridized carbons (Fsp3) is 0.571. The summed E-state index contributed by atoms with van der Waals surface area (Å²) in [5.41, 5.74) is 0.645. The van der Waals surface area contributed by atoms with Crippen molar-refractivity contribution < 1.29 is 4.79 Å². The zero-order valence-electron chi connectivity index (χ0n) is 10.2. The smallest absolute Gasteiger partial charge is 0.167 e. The molecule has 2 unspecified atom stereocenters. The van der Waals surface area contributed by atoms with Gasteiger partial charge in [-0.3, -0.25) is 9.78 Å². The second kappa shape index (κ2) is 5.63. The molecule has 1 aliphatic rings. The van der Waals surface area contributed by atoms with Crippen LogP contribution in [0.4, 0.5) is 0 Å². The Morgan fingerprint density at radius 2 is 2.24 bits per heavy atom. The lowest BCUT2D eigenvalue weighted by molar-refractivity contribution is 0.0820. The molecule has 2 atom stereocenters. The molecule has 1 heterocycles. The van der Waals surface area contributed by atoms with Crippen LogP contribution >= 0.6 is 11.6 Å². The van der Waals surface area contributed by atoms with Gasteiger partial charge in [-0.05, 0) is 24.8 Å². The van der Waals surface area contributed by atoms with E-state index in [2.05, 4.69) is 11.9 Å². The van der Waals surface area contributed by atoms with E-state index < -0.39 is 0 Å². The number of ketones is 1. The molecule has 0 radical (unpaired) electrons. The molecule has 0 amide bonds. The average molecular weight is 252 g/mol. The summed E-state index contributed by atoms with van der Waals surface area (Å²) in [5, 5.41) is 0.484. The van der Waals surface area contributed by atoms with E-state index in [-0.39, 0.29) is 11.7 Å². The average Bonchev–Trinajstić information content (AvgIpc) is 2.38. The van der Waals surface area contributed by atoms with Crippen molar-refractivity contribution in [2.45, 2.75) is 39.0 Å². The topological polar surface area (TPSA) is 30.0 Å². The SMILES string of the molecule is CCC1CCCCC1C(=O)c1ccncc1Cl. The van der Waals surface area contributed by atoms with Gasteiger partial charge in [-0.1, -0.05) is 37.8 Å². The summed E-state index contributed by atoms with van der Waals surface area (Å²) >= 11 is 6.05. The molecule has 0 saturated heterocycles. The van der Waals surface area contributed by atoms with E-state index in [1.54, 1.807) is 18.5 Å². The summed E-state index contributed by atoms with van der Waals surface area (Å²) in [6.07, 6.45) is 8.88. The predicted molar refractivity (Wildman–Crippen MR) is 69.3 cm³/mol. The zero-order chi connectivity index (χ0) is 12.3. The van der Waals surface area contributed by atoms with Gasteiger partial charge in [0.15, 0.2) is 5.78 Å². The van der Waals surface area contributed by atoms with Crippen LogP contribution in [0.3, 0.4) is 0 Å². The third-order valence-electron chi connectivity index (χ3n) is 3.81. The first-order valence-corrected chi connectivity index (χ1v) is 6.75. The quantitative estimate of drug-likeness (QED) is 0.756. The highest BCUT2D eigenvalue weighted by atomic mass is 35.5. The Labute approximate surface area is 107 Å². The van der Waals surface area contributed by atoms with Crippen LogP contribution in [0.25, 0.3) is 0 Å². The van der Waals surface area contributed by atoms with Crippen molar-refractivity contribution in [2.24, 2.45) is 11.8 Å². The molecule has 3 heteroatoms. The number of hydrogen-bond acceptors (Lipinski definition) is 2. The lowest BCUT2D eigenvalue weighted by atomic mass is 9.74. The Kier molecular flexibility index (Phi) is 4.16. The Morgan fingerprint density at radius 3 is 2.94 bits per heavy atom. The highest BCUT2D eigenvalue weighted by Crippen LogP contribution is 2.35. The monoisotopic (exact) mass is 251 g/mol. The van der Waals surface area contributed by atoms with Crippen molar-refractivity contribution in [3.63, 3.8) is 0 Å². The van der Waals surface area contributed by atoms with Gasteiger partial charge in [0.2, 0.25) is 0 Å². The second-order valence-corrected chi connectivity index (χ2v) is 5.19. The molecule has 0 aromatic carbocycles. The van der Waals surface area contributed by atoms with Crippen molar-refractivity contribution in [1.29, 1.82) is 0 Å². The molecule has 2 rings (SSSR count). The van der Waals surface area contributed by atoms with Crippen LogP contribution in [-0.4, -0.2) is 10.8 Å². The Balaban J connectivity index is 2.21. The number of carbonyl (C=O) groups is 1. The van der Waals surface area contributed by atoms with E-state index in [1.807, 2.05) is 0 Å². The van der Waals surface area contributed by atoms with Crippen molar-refractivity contribution in [3.05, 3.63) is 29.0 Å². The van der Waals surface area contributed by atoms with E-state index in [0.29, 0.717) is 16.5 Å². The molecule has 1 aromatic heterocycles. The number of hydrogen-bond donors (Lipinski definition) is 0. The number of Topliss-reactive ketones (excluding diaryl/α,β-unsaturated/α-hetero) is 1. The van der Waals surface area contributed by atoms with E-state index in [4.69, 9.17) is 11.6 Å². The standard InChI is InChI=1S/C14H18ClNO/c1-2-10-5-3-4-6-11(10)14(17)12-7-8-16-9-13(12)15/h7-11H,2-6H2,1H3. The maximum Gasteiger partial charge on any atom is 0.167 e. The van der Waals surface area contributed by atoms with Gasteiger partial charge in [-0.25, -0.2) is 0 Å². The summed E-state index contributed by atoms with van der Waals surface area (Å²) < 4.78 is 0. The highest BCUT2D eigenvalue weighted by molar-refractivity contribution is 6.33. The minimum atomic E-state index is 0.161. The van der Waals surface area contributed by atoms with Gasteiger partial charge >= 0.3 is 0 Å². The maximum absolute atomic E-state index is 12.5. The van der Waals surface area contributed by atoms with Crippen molar-refractivity contribution >= 4 is 17.4 Å². The van der Waals surface area contributed by atoms with Crippen LogP contribution in [-0.2, 0) is 0 Å². The first kappa shape index (κ1) is 12.6. The third-order valence-corrected chi connectivity index (χ3v) is 4.11. The molecular weight excluding hydrogens is 234 g/mol. The number of carbonyl (C=O) groups excluding carboxylic acids is 1. The number of pyridine rings is 1. The van der Waals surface area contributed by atoms with Crippen LogP contribution in [0.15, 0.2) is 18.5 Å².